The highest BCUT2D eigenvalue weighted by molar-refractivity contribution is 5.74. The molecule has 0 radical (unpaired) electrons. The zero-order valence-corrected chi connectivity index (χ0v) is 46.5. The second kappa shape index (κ2) is 50.2. The van der Waals surface area contributed by atoms with Gasteiger partial charge in [-0.25, -0.2) is 4.79 Å². The number of hydrogen-bond acceptors (Lipinski definition) is 11. The van der Waals surface area contributed by atoms with Gasteiger partial charge in [0.05, 0.1) is 6.61 Å². The first-order chi connectivity index (χ1) is 36.6. The van der Waals surface area contributed by atoms with Gasteiger partial charge in [-0.2, -0.15) is 0 Å². The van der Waals surface area contributed by atoms with Crippen LogP contribution >= 0.6 is 0 Å². The van der Waals surface area contributed by atoms with Crippen LogP contribution in [0.2, 0.25) is 0 Å². The number of rotatable bonds is 47. The Kier molecular flexibility index (Phi) is 45.8. The Hall–Kier alpha value is -4.62. The minimum Gasteiger partial charge on any atom is -0.479 e. The van der Waals surface area contributed by atoms with Crippen molar-refractivity contribution in [2.75, 3.05) is 13.2 Å². The Labute approximate surface area is 453 Å². The summed E-state index contributed by atoms with van der Waals surface area (Å²) >= 11 is 0. The molecule has 1 fully saturated rings. The molecule has 1 heterocycles. The zero-order valence-electron chi connectivity index (χ0n) is 46.5. The van der Waals surface area contributed by atoms with E-state index in [0.29, 0.717) is 25.7 Å². The fourth-order valence-electron chi connectivity index (χ4n) is 7.98. The lowest BCUT2D eigenvalue weighted by Gasteiger charge is -2.40. The van der Waals surface area contributed by atoms with Gasteiger partial charge >= 0.3 is 23.9 Å². The summed E-state index contributed by atoms with van der Waals surface area (Å²) in [6.07, 6.45) is 55.0. The highest BCUT2D eigenvalue weighted by Crippen LogP contribution is 2.26. The van der Waals surface area contributed by atoms with Crippen molar-refractivity contribution in [2.45, 2.75) is 250 Å². The van der Waals surface area contributed by atoms with Crippen molar-refractivity contribution in [1.29, 1.82) is 0 Å². The summed E-state index contributed by atoms with van der Waals surface area (Å²) in [7, 11) is 0. The molecule has 1 rings (SSSR count). The van der Waals surface area contributed by atoms with Crippen molar-refractivity contribution < 1.29 is 58.2 Å². The number of esters is 3. The third-order valence-electron chi connectivity index (χ3n) is 12.3. The van der Waals surface area contributed by atoms with E-state index in [9.17, 15) is 34.5 Å². The van der Waals surface area contributed by atoms with Crippen LogP contribution in [0.4, 0.5) is 0 Å². The van der Waals surface area contributed by atoms with E-state index < -0.39 is 67.3 Å². The number of carboxylic acids is 1. The minimum absolute atomic E-state index is 0.0263. The van der Waals surface area contributed by atoms with Crippen LogP contribution in [-0.2, 0) is 42.9 Å². The molecule has 12 nitrogen and oxygen atoms in total. The van der Waals surface area contributed by atoms with Gasteiger partial charge in [0, 0.05) is 19.3 Å². The SMILES string of the molecule is CC/C=C\C/C=C\C/C=C\C/C=C\C/C=C\CCCC(=O)OC1C(OCC(COC(=O)CCCC/C=C\C/C=C\C/C=C\C/C=C\CC)OC(=O)CCCCCCCCCCCCCCC)OC(C(=O)O)C(O)C1O. The Balaban J connectivity index is 2.76. The standard InChI is InChI=1S/C63H100O12/c1-4-7-10-13-16-19-22-25-27-28-30-33-36-39-42-45-48-51-57(66)74-61-59(68)58(67)60(62(69)70)75-63(61)72-53-54(73-56(65)50-47-44-41-38-35-31-24-21-18-15-12-9-6-3)52-71-55(64)49-46-43-40-37-34-32-29-26-23-20-17-14-11-8-5-2/h7-8,10-11,16-17,19-20,25-27,29-30,33-34,37,39,42,54,58-61,63,67-68H,4-6,9,12-15,18,21-24,28,31-32,35-36,38,40-41,43-53H2,1-3H3,(H,69,70)/b10-7-,11-8-,19-16-,20-17-,27-25-,29-26-,33-30-,37-34-,42-39-. The van der Waals surface area contributed by atoms with Crippen LogP contribution in [0.15, 0.2) is 109 Å². The Morgan fingerprint density at radius 3 is 1.32 bits per heavy atom. The van der Waals surface area contributed by atoms with E-state index in [-0.39, 0.29) is 25.9 Å². The largest absolute Gasteiger partial charge is 0.479 e. The normalized spacial score (nSPS) is 19.0. The monoisotopic (exact) mass is 1050 g/mol. The van der Waals surface area contributed by atoms with Gasteiger partial charge in [0.1, 0.15) is 18.8 Å². The number of hydrogen-bond donors (Lipinski definition) is 3. The lowest BCUT2D eigenvalue weighted by atomic mass is 9.98. The van der Waals surface area contributed by atoms with Crippen LogP contribution in [0.1, 0.15) is 213 Å². The first-order valence-electron chi connectivity index (χ1n) is 28.9. The van der Waals surface area contributed by atoms with Gasteiger partial charge in [-0.3, -0.25) is 14.4 Å². The number of ether oxygens (including phenoxy) is 5. The summed E-state index contributed by atoms with van der Waals surface area (Å²) in [5.41, 5.74) is 0. The van der Waals surface area contributed by atoms with Gasteiger partial charge in [-0.05, 0) is 96.3 Å². The van der Waals surface area contributed by atoms with E-state index in [0.717, 1.165) is 89.9 Å². The molecule has 0 bridgehead atoms. The van der Waals surface area contributed by atoms with Crippen molar-refractivity contribution in [3.63, 3.8) is 0 Å². The predicted molar refractivity (Wildman–Crippen MR) is 303 cm³/mol. The molecule has 1 saturated heterocycles. The molecule has 0 aliphatic carbocycles. The molecule has 0 amide bonds. The molecule has 0 spiro atoms. The van der Waals surface area contributed by atoms with Crippen molar-refractivity contribution >= 4 is 23.9 Å². The van der Waals surface area contributed by atoms with Crippen molar-refractivity contribution in [1.82, 2.24) is 0 Å². The fourth-order valence-corrected chi connectivity index (χ4v) is 7.98. The average Bonchev–Trinajstić information content (AvgIpc) is 3.39. The lowest BCUT2D eigenvalue weighted by molar-refractivity contribution is -0.301. The number of unbranched alkanes of at least 4 members (excludes halogenated alkanes) is 15. The van der Waals surface area contributed by atoms with E-state index >= 15 is 0 Å². The summed E-state index contributed by atoms with van der Waals surface area (Å²) in [4.78, 5) is 51.0. The summed E-state index contributed by atoms with van der Waals surface area (Å²) in [6.45, 7) is 5.69. The first kappa shape index (κ1) is 68.4. The maximum atomic E-state index is 13.1. The van der Waals surface area contributed by atoms with Gasteiger partial charge in [-0.1, -0.05) is 207 Å². The minimum atomic E-state index is -1.93. The van der Waals surface area contributed by atoms with Crippen LogP contribution in [0.5, 0.6) is 0 Å². The Morgan fingerprint density at radius 1 is 0.453 bits per heavy atom. The average molecular weight is 1050 g/mol. The topological polar surface area (TPSA) is 175 Å². The van der Waals surface area contributed by atoms with Crippen LogP contribution < -0.4 is 0 Å². The van der Waals surface area contributed by atoms with Crippen molar-refractivity contribution in [2.24, 2.45) is 0 Å². The van der Waals surface area contributed by atoms with Gasteiger partial charge in [-0.15, -0.1) is 0 Å². The molecular formula is C63H100O12. The molecule has 3 N–H and O–H groups in total. The predicted octanol–water partition coefficient (Wildman–Crippen LogP) is 14.7. The number of carbonyl (C=O) groups is 4. The fraction of sp³-hybridized carbons (Fsp3) is 0.651. The molecule has 0 aromatic rings. The van der Waals surface area contributed by atoms with E-state index in [4.69, 9.17) is 23.7 Å². The second-order valence-electron chi connectivity index (χ2n) is 19.2. The van der Waals surface area contributed by atoms with Gasteiger partial charge < -0.3 is 39.0 Å². The Morgan fingerprint density at radius 2 is 0.853 bits per heavy atom. The second-order valence-corrected chi connectivity index (χ2v) is 19.2. The highest BCUT2D eigenvalue weighted by Gasteiger charge is 2.50. The smallest absolute Gasteiger partial charge is 0.335 e. The lowest BCUT2D eigenvalue weighted by Crippen LogP contribution is -2.61. The summed E-state index contributed by atoms with van der Waals surface area (Å²) in [6, 6.07) is 0. The molecule has 12 heteroatoms. The number of carboxylic acid groups (broad SMARTS) is 1. The Bertz CT molecular complexity index is 1720. The van der Waals surface area contributed by atoms with Gasteiger partial charge in [0.25, 0.3) is 0 Å². The van der Waals surface area contributed by atoms with E-state index in [2.05, 4.69) is 118 Å². The third kappa shape index (κ3) is 40.3. The number of aliphatic carboxylic acids is 1. The zero-order chi connectivity index (χ0) is 54.7. The summed E-state index contributed by atoms with van der Waals surface area (Å²) in [5.74, 6) is -3.26. The van der Waals surface area contributed by atoms with E-state index in [1.165, 1.54) is 57.8 Å². The molecule has 75 heavy (non-hydrogen) atoms. The third-order valence-corrected chi connectivity index (χ3v) is 12.3. The van der Waals surface area contributed by atoms with E-state index in [1.807, 2.05) is 12.2 Å². The van der Waals surface area contributed by atoms with Crippen molar-refractivity contribution in [3.8, 4) is 0 Å². The van der Waals surface area contributed by atoms with E-state index in [1.54, 1.807) is 0 Å². The number of carbonyl (C=O) groups excluding carboxylic acids is 3. The maximum Gasteiger partial charge on any atom is 0.335 e. The molecule has 424 valence electrons. The molecule has 0 aromatic heterocycles. The van der Waals surface area contributed by atoms with Crippen molar-refractivity contribution in [3.05, 3.63) is 109 Å². The summed E-state index contributed by atoms with van der Waals surface area (Å²) < 4.78 is 28.3. The molecule has 1 aliphatic heterocycles. The number of allylic oxidation sites excluding steroid dienone is 18. The van der Waals surface area contributed by atoms with Gasteiger partial charge in [0.15, 0.2) is 24.6 Å². The molecular weight excluding hydrogens is 949 g/mol. The first-order valence-corrected chi connectivity index (χ1v) is 28.9. The molecule has 6 unspecified atom stereocenters. The van der Waals surface area contributed by atoms with Crippen LogP contribution in [0.25, 0.3) is 0 Å². The van der Waals surface area contributed by atoms with Crippen LogP contribution in [-0.4, -0.2) is 89.2 Å². The molecule has 6 atom stereocenters. The van der Waals surface area contributed by atoms with Gasteiger partial charge in [0.2, 0.25) is 0 Å². The van der Waals surface area contributed by atoms with Crippen LogP contribution in [0, 0.1) is 0 Å². The number of aliphatic hydroxyl groups excluding tert-OH is 2. The molecule has 0 aromatic carbocycles. The molecule has 0 saturated carbocycles. The maximum absolute atomic E-state index is 13.1. The summed E-state index contributed by atoms with van der Waals surface area (Å²) in [5, 5.41) is 31.4. The molecule has 1 aliphatic rings. The highest BCUT2D eigenvalue weighted by atomic mass is 16.7. The van der Waals surface area contributed by atoms with Crippen LogP contribution in [0.3, 0.4) is 0 Å². The number of aliphatic hydroxyl groups is 2. The quantitative estimate of drug-likeness (QED) is 0.0228.